The largest absolute Gasteiger partial charge is 0.497 e. The maximum Gasteiger partial charge on any atom is 0.275 e. The second-order valence-corrected chi connectivity index (χ2v) is 7.90. The van der Waals surface area contributed by atoms with E-state index in [0.29, 0.717) is 5.75 Å². The number of benzene rings is 2. The van der Waals surface area contributed by atoms with Crippen LogP contribution >= 0.6 is 11.8 Å². The molecule has 3 N–H and O–H groups in total. The summed E-state index contributed by atoms with van der Waals surface area (Å²) < 4.78 is 6.63. The third kappa shape index (κ3) is 4.66. The number of methoxy groups -OCH3 is 1. The van der Waals surface area contributed by atoms with Crippen molar-refractivity contribution in [2.45, 2.75) is 10.9 Å². The monoisotopic (exact) mass is 462 g/mol. The van der Waals surface area contributed by atoms with Crippen molar-refractivity contribution in [3.63, 3.8) is 0 Å². The van der Waals surface area contributed by atoms with Gasteiger partial charge in [-0.25, -0.2) is 15.5 Å². The number of hydrazine groups is 1. The zero-order valence-electron chi connectivity index (χ0n) is 18.0. The molecule has 0 saturated heterocycles. The van der Waals surface area contributed by atoms with Gasteiger partial charge >= 0.3 is 0 Å². The normalized spacial score (nSPS) is 11.7. The van der Waals surface area contributed by atoms with Crippen LogP contribution in [0.5, 0.6) is 11.6 Å². The Labute approximate surface area is 194 Å². The summed E-state index contributed by atoms with van der Waals surface area (Å²) in [6.07, 6.45) is 6.42. The summed E-state index contributed by atoms with van der Waals surface area (Å²) in [4.78, 5) is 22.5. The molecule has 2 aromatic carbocycles. The standard InChI is InChI=1S/C23H22N6O3S/c1-32-17-8-4-15(5-9-17)20(16-6-10-18(33-2)11-7-16)29(24)22(31)19-14-25-23(27-21(19)30)28-13-3-12-26-28/h3-14,20H,24H2,1-2H3,(H,25,27,30). The SMILES string of the molecule is COc1ccc(C(c2ccc(SC)cc2)N(N)C(=O)c2cnc(-n3cccn3)nc2O)cc1. The predicted molar refractivity (Wildman–Crippen MR) is 124 cm³/mol. The lowest BCUT2D eigenvalue weighted by Crippen LogP contribution is -2.41. The first kappa shape index (κ1) is 22.3. The van der Waals surface area contributed by atoms with Crippen LogP contribution in [0.25, 0.3) is 5.95 Å². The van der Waals surface area contributed by atoms with Crippen molar-refractivity contribution in [1.82, 2.24) is 24.8 Å². The third-order valence-electron chi connectivity index (χ3n) is 5.07. The minimum absolute atomic E-state index is 0.118. The van der Waals surface area contributed by atoms with Crippen molar-refractivity contribution in [3.05, 3.63) is 89.9 Å². The number of aromatic hydroxyl groups is 1. The van der Waals surface area contributed by atoms with Gasteiger partial charge in [0, 0.05) is 23.5 Å². The number of thioether (sulfide) groups is 1. The molecule has 0 bridgehead atoms. The molecular weight excluding hydrogens is 440 g/mol. The van der Waals surface area contributed by atoms with Crippen LogP contribution < -0.4 is 10.6 Å². The van der Waals surface area contributed by atoms with E-state index in [1.807, 2.05) is 42.7 Å². The molecule has 10 heteroatoms. The summed E-state index contributed by atoms with van der Waals surface area (Å²) in [5, 5.41) is 15.5. The molecule has 1 atom stereocenters. The van der Waals surface area contributed by atoms with Gasteiger partial charge in [-0.1, -0.05) is 24.3 Å². The molecular formula is C23H22N6O3S. The molecule has 0 aliphatic heterocycles. The van der Waals surface area contributed by atoms with Crippen LogP contribution in [-0.2, 0) is 0 Å². The highest BCUT2D eigenvalue weighted by Gasteiger charge is 2.28. The highest BCUT2D eigenvalue weighted by Crippen LogP contribution is 2.31. The summed E-state index contributed by atoms with van der Waals surface area (Å²) in [6, 6.07) is 16.1. The van der Waals surface area contributed by atoms with Crippen LogP contribution in [-0.4, -0.2) is 49.1 Å². The summed E-state index contributed by atoms with van der Waals surface area (Å²) in [5.74, 6) is 6.07. The molecule has 33 heavy (non-hydrogen) atoms. The number of carbonyl (C=O) groups is 1. The molecule has 2 aromatic heterocycles. The summed E-state index contributed by atoms with van der Waals surface area (Å²) >= 11 is 1.62. The van der Waals surface area contributed by atoms with E-state index in [4.69, 9.17) is 10.6 Å². The lowest BCUT2D eigenvalue weighted by Gasteiger charge is -2.28. The van der Waals surface area contributed by atoms with Crippen molar-refractivity contribution in [1.29, 1.82) is 0 Å². The maximum absolute atomic E-state index is 13.3. The van der Waals surface area contributed by atoms with Crippen molar-refractivity contribution in [2.24, 2.45) is 5.84 Å². The first-order valence-electron chi connectivity index (χ1n) is 9.94. The minimum atomic E-state index is -0.630. The number of ether oxygens (including phenoxy) is 1. The number of hydrogen-bond donors (Lipinski definition) is 2. The van der Waals surface area contributed by atoms with Crippen LogP contribution in [0.15, 0.2) is 78.1 Å². The molecule has 0 spiro atoms. The van der Waals surface area contributed by atoms with Crippen molar-refractivity contribution < 1.29 is 14.6 Å². The van der Waals surface area contributed by atoms with Gasteiger partial charge in [0.05, 0.1) is 13.2 Å². The van der Waals surface area contributed by atoms with E-state index in [-0.39, 0.29) is 11.5 Å². The summed E-state index contributed by atoms with van der Waals surface area (Å²) in [6.45, 7) is 0. The Balaban J connectivity index is 1.70. The number of nitrogens with zero attached hydrogens (tertiary/aromatic N) is 5. The highest BCUT2D eigenvalue weighted by atomic mass is 32.2. The quantitative estimate of drug-likeness (QED) is 0.186. The summed E-state index contributed by atoms with van der Waals surface area (Å²) in [7, 11) is 1.59. The minimum Gasteiger partial charge on any atom is -0.497 e. The second kappa shape index (κ2) is 9.72. The van der Waals surface area contributed by atoms with E-state index in [1.54, 1.807) is 49.5 Å². The van der Waals surface area contributed by atoms with Gasteiger partial charge in [0.25, 0.3) is 11.9 Å². The average Bonchev–Trinajstić information content (AvgIpc) is 3.39. The maximum atomic E-state index is 13.3. The number of aromatic nitrogens is 4. The fourth-order valence-electron chi connectivity index (χ4n) is 3.35. The molecule has 0 radical (unpaired) electrons. The fourth-order valence-corrected chi connectivity index (χ4v) is 3.76. The number of carbonyl (C=O) groups excluding carboxylic acids is 1. The van der Waals surface area contributed by atoms with E-state index >= 15 is 0 Å². The van der Waals surface area contributed by atoms with E-state index < -0.39 is 17.8 Å². The van der Waals surface area contributed by atoms with Gasteiger partial charge in [-0.15, -0.1) is 11.8 Å². The first-order valence-corrected chi connectivity index (χ1v) is 11.2. The molecule has 168 valence electrons. The summed E-state index contributed by atoms with van der Waals surface area (Å²) in [5.41, 5.74) is 1.46. The molecule has 0 saturated carbocycles. The topological polar surface area (TPSA) is 119 Å². The molecule has 1 amide bonds. The highest BCUT2D eigenvalue weighted by molar-refractivity contribution is 7.98. The lowest BCUT2D eigenvalue weighted by molar-refractivity contribution is 0.0701. The Bertz CT molecular complexity index is 1180. The van der Waals surface area contributed by atoms with E-state index in [2.05, 4.69) is 15.1 Å². The van der Waals surface area contributed by atoms with Gasteiger partial charge < -0.3 is 9.84 Å². The Hall–Kier alpha value is -3.89. The number of rotatable bonds is 7. The average molecular weight is 463 g/mol. The number of amides is 1. The molecule has 4 aromatic rings. The van der Waals surface area contributed by atoms with Crippen molar-refractivity contribution in [2.75, 3.05) is 13.4 Å². The molecule has 0 fully saturated rings. The Kier molecular flexibility index (Phi) is 6.57. The van der Waals surface area contributed by atoms with Gasteiger partial charge in [-0.3, -0.25) is 9.80 Å². The van der Waals surface area contributed by atoms with Gasteiger partial charge in [-0.05, 0) is 47.7 Å². The zero-order chi connectivity index (χ0) is 23.4. The zero-order valence-corrected chi connectivity index (χ0v) is 18.8. The van der Waals surface area contributed by atoms with E-state index in [0.717, 1.165) is 21.0 Å². The molecule has 1 unspecified atom stereocenters. The van der Waals surface area contributed by atoms with Crippen LogP contribution in [0.3, 0.4) is 0 Å². The van der Waals surface area contributed by atoms with Crippen LogP contribution in [0.2, 0.25) is 0 Å². The van der Waals surface area contributed by atoms with Gasteiger partial charge in [0.2, 0.25) is 5.88 Å². The van der Waals surface area contributed by atoms with E-state index in [9.17, 15) is 9.90 Å². The molecule has 9 nitrogen and oxygen atoms in total. The van der Waals surface area contributed by atoms with Crippen LogP contribution in [0, 0.1) is 0 Å². The van der Waals surface area contributed by atoms with Gasteiger partial charge in [-0.2, -0.15) is 10.1 Å². The van der Waals surface area contributed by atoms with Crippen molar-refractivity contribution in [3.8, 4) is 17.6 Å². The third-order valence-corrected chi connectivity index (χ3v) is 5.81. The Morgan fingerprint density at radius 2 is 1.82 bits per heavy atom. The molecule has 0 aliphatic carbocycles. The van der Waals surface area contributed by atoms with Crippen LogP contribution in [0.1, 0.15) is 27.5 Å². The van der Waals surface area contributed by atoms with Gasteiger partial charge in [0.15, 0.2) is 0 Å². The number of nitrogens with two attached hydrogens (primary N) is 1. The Morgan fingerprint density at radius 3 is 2.36 bits per heavy atom. The molecule has 0 aliphatic rings. The lowest BCUT2D eigenvalue weighted by atomic mass is 9.97. The second-order valence-electron chi connectivity index (χ2n) is 7.02. The first-order chi connectivity index (χ1) is 16.0. The predicted octanol–water partition coefficient (Wildman–Crippen LogP) is 3.20. The fraction of sp³-hybridized carbons (Fsp3) is 0.130. The van der Waals surface area contributed by atoms with Crippen molar-refractivity contribution >= 4 is 17.7 Å². The smallest absolute Gasteiger partial charge is 0.275 e. The number of hydrogen-bond acceptors (Lipinski definition) is 8. The van der Waals surface area contributed by atoms with E-state index in [1.165, 1.54) is 10.9 Å². The Morgan fingerprint density at radius 1 is 1.15 bits per heavy atom. The van der Waals surface area contributed by atoms with Crippen LogP contribution in [0.4, 0.5) is 0 Å². The molecule has 2 heterocycles. The van der Waals surface area contributed by atoms with Gasteiger partial charge in [0.1, 0.15) is 11.3 Å². The molecule has 4 rings (SSSR count).